The summed E-state index contributed by atoms with van der Waals surface area (Å²) in [6.07, 6.45) is 1.15. The lowest BCUT2D eigenvalue weighted by Gasteiger charge is -2.27. The van der Waals surface area contributed by atoms with Gasteiger partial charge in [0.15, 0.2) is 0 Å². The number of nitrogens with one attached hydrogen (secondary N) is 2. The summed E-state index contributed by atoms with van der Waals surface area (Å²) in [6.45, 7) is 0.369. The van der Waals surface area contributed by atoms with E-state index in [9.17, 15) is 18.4 Å². The van der Waals surface area contributed by atoms with Gasteiger partial charge in [-0.3, -0.25) is 4.79 Å². The smallest absolute Gasteiger partial charge is 0.322 e. The monoisotopic (exact) mass is 435 g/mol. The standard InChI is InChI=1S/C25H23F2N3O2/c26-19-13-14-21(20(27)16-19)28-25(32)30-15-7-12-22(30)24(31)29-23(17-8-3-1-4-9-17)18-10-5-2-6-11-18/h1-6,8-11,13-14,16,22-23H,7,12,15H2,(H,28,32)(H,29,31). The van der Waals surface area contributed by atoms with E-state index in [1.807, 2.05) is 60.7 Å². The molecule has 1 aliphatic rings. The summed E-state index contributed by atoms with van der Waals surface area (Å²) < 4.78 is 27.1. The quantitative estimate of drug-likeness (QED) is 0.601. The van der Waals surface area contributed by atoms with Crippen LogP contribution in [0, 0.1) is 11.6 Å². The maximum atomic E-state index is 13.9. The van der Waals surface area contributed by atoms with E-state index in [1.54, 1.807) is 0 Å². The van der Waals surface area contributed by atoms with Gasteiger partial charge >= 0.3 is 6.03 Å². The van der Waals surface area contributed by atoms with Crippen LogP contribution in [0.2, 0.25) is 0 Å². The topological polar surface area (TPSA) is 61.4 Å². The second-order valence-corrected chi connectivity index (χ2v) is 7.67. The highest BCUT2D eigenvalue weighted by Crippen LogP contribution is 2.25. The van der Waals surface area contributed by atoms with Crippen LogP contribution in [-0.2, 0) is 4.79 Å². The molecule has 1 fully saturated rings. The van der Waals surface area contributed by atoms with Crippen molar-refractivity contribution < 1.29 is 18.4 Å². The van der Waals surface area contributed by atoms with Crippen molar-refractivity contribution in [3.63, 3.8) is 0 Å². The molecule has 0 aromatic heterocycles. The van der Waals surface area contributed by atoms with Crippen molar-refractivity contribution >= 4 is 17.6 Å². The van der Waals surface area contributed by atoms with Crippen LogP contribution in [0.3, 0.4) is 0 Å². The molecule has 4 rings (SSSR count). The zero-order valence-corrected chi connectivity index (χ0v) is 17.3. The molecule has 32 heavy (non-hydrogen) atoms. The van der Waals surface area contributed by atoms with Gasteiger partial charge in [-0.25, -0.2) is 13.6 Å². The number of carbonyl (C=O) groups is 2. The first-order chi connectivity index (χ1) is 15.5. The highest BCUT2D eigenvalue weighted by Gasteiger charge is 2.35. The molecule has 0 saturated carbocycles. The Bertz CT molecular complexity index is 1050. The summed E-state index contributed by atoms with van der Waals surface area (Å²) in [5.41, 5.74) is 1.72. The highest BCUT2D eigenvalue weighted by atomic mass is 19.1. The number of nitrogens with zero attached hydrogens (tertiary/aromatic N) is 1. The Balaban J connectivity index is 1.51. The summed E-state index contributed by atoms with van der Waals surface area (Å²) in [7, 11) is 0. The van der Waals surface area contributed by atoms with Crippen molar-refractivity contribution in [1.82, 2.24) is 10.2 Å². The van der Waals surface area contributed by atoms with Crippen LogP contribution in [0.25, 0.3) is 0 Å². The number of likely N-dealkylation sites (tertiary alicyclic amines) is 1. The number of hydrogen-bond donors (Lipinski definition) is 2. The van der Waals surface area contributed by atoms with Gasteiger partial charge in [0.05, 0.1) is 11.7 Å². The minimum atomic E-state index is -0.869. The number of urea groups is 1. The molecule has 0 bridgehead atoms. The second kappa shape index (κ2) is 9.60. The average Bonchev–Trinajstić information content (AvgIpc) is 3.31. The Morgan fingerprint density at radius 1 is 0.906 bits per heavy atom. The Morgan fingerprint density at radius 2 is 1.53 bits per heavy atom. The molecular formula is C25H23F2N3O2. The van der Waals surface area contributed by atoms with Crippen molar-refractivity contribution in [3.8, 4) is 0 Å². The molecule has 1 heterocycles. The molecule has 0 spiro atoms. The third-order valence-corrected chi connectivity index (χ3v) is 5.54. The zero-order chi connectivity index (χ0) is 22.5. The highest BCUT2D eigenvalue weighted by molar-refractivity contribution is 5.94. The van der Waals surface area contributed by atoms with E-state index in [-0.39, 0.29) is 17.6 Å². The van der Waals surface area contributed by atoms with Gasteiger partial charge in [-0.05, 0) is 36.1 Å². The van der Waals surface area contributed by atoms with Gasteiger partial charge in [0.25, 0.3) is 0 Å². The lowest BCUT2D eigenvalue weighted by molar-refractivity contribution is -0.125. The number of benzene rings is 3. The lowest BCUT2D eigenvalue weighted by Crippen LogP contribution is -2.48. The SMILES string of the molecule is O=C(NC(c1ccccc1)c1ccccc1)C1CCCN1C(=O)Nc1ccc(F)cc1F. The van der Waals surface area contributed by atoms with Gasteiger partial charge in [0.1, 0.15) is 17.7 Å². The number of carbonyl (C=O) groups excluding carboxylic acids is 2. The van der Waals surface area contributed by atoms with E-state index >= 15 is 0 Å². The van der Waals surface area contributed by atoms with Crippen LogP contribution < -0.4 is 10.6 Å². The van der Waals surface area contributed by atoms with E-state index in [0.29, 0.717) is 25.5 Å². The number of halogens is 2. The van der Waals surface area contributed by atoms with Crippen LogP contribution in [0.4, 0.5) is 19.3 Å². The van der Waals surface area contributed by atoms with Crippen molar-refractivity contribution in [2.24, 2.45) is 0 Å². The van der Waals surface area contributed by atoms with E-state index in [4.69, 9.17) is 0 Å². The van der Waals surface area contributed by atoms with E-state index in [2.05, 4.69) is 10.6 Å². The Labute approximate surface area is 185 Å². The minimum Gasteiger partial charge on any atom is -0.343 e. The van der Waals surface area contributed by atoms with E-state index in [1.165, 1.54) is 4.90 Å². The van der Waals surface area contributed by atoms with Crippen molar-refractivity contribution in [1.29, 1.82) is 0 Å². The predicted octanol–water partition coefficient (Wildman–Crippen LogP) is 4.87. The normalized spacial score (nSPS) is 15.6. The summed E-state index contributed by atoms with van der Waals surface area (Å²) in [6, 6.07) is 20.5. The maximum Gasteiger partial charge on any atom is 0.322 e. The molecule has 1 aliphatic heterocycles. The molecule has 0 radical (unpaired) electrons. The molecular weight excluding hydrogens is 412 g/mol. The minimum absolute atomic E-state index is 0.131. The summed E-state index contributed by atoms with van der Waals surface area (Å²) in [5.74, 6) is -1.88. The van der Waals surface area contributed by atoms with Crippen LogP contribution >= 0.6 is 0 Å². The lowest BCUT2D eigenvalue weighted by atomic mass is 9.98. The maximum absolute atomic E-state index is 13.9. The van der Waals surface area contributed by atoms with Gasteiger partial charge in [-0.1, -0.05) is 60.7 Å². The van der Waals surface area contributed by atoms with Crippen molar-refractivity contribution in [3.05, 3.63) is 102 Å². The summed E-state index contributed by atoms with van der Waals surface area (Å²) in [5, 5.41) is 5.52. The number of hydrogen-bond acceptors (Lipinski definition) is 2. The number of amides is 3. The van der Waals surface area contributed by atoms with Crippen LogP contribution in [0.1, 0.15) is 30.0 Å². The predicted molar refractivity (Wildman–Crippen MR) is 118 cm³/mol. The van der Waals surface area contributed by atoms with Gasteiger partial charge in [-0.15, -0.1) is 0 Å². The van der Waals surface area contributed by atoms with E-state index in [0.717, 1.165) is 23.3 Å². The van der Waals surface area contributed by atoms with Gasteiger partial charge in [0, 0.05) is 12.6 Å². The van der Waals surface area contributed by atoms with Crippen LogP contribution in [0.15, 0.2) is 78.9 Å². The third-order valence-electron chi connectivity index (χ3n) is 5.54. The molecule has 2 N–H and O–H groups in total. The Hall–Kier alpha value is -3.74. The van der Waals surface area contributed by atoms with Crippen LogP contribution in [0.5, 0.6) is 0 Å². The molecule has 1 atom stereocenters. The van der Waals surface area contributed by atoms with Gasteiger partial charge in [-0.2, -0.15) is 0 Å². The van der Waals surface area contributed by atoms with Crippen molar-refractivity contribution in [2.75, 3.05) is 11.9 Å². The van der Waals surface area contributed by atoms with Crippen molar-refractivity contribution in [2.45, 2.75) is 24.9 Å². The first kappa shape index (κ1) is 21.5. The first-order valence-corrected chi connectivity index (χ1v) is 10.5. The number of rotatable bonds is 5. The molecule has 1 saturated heterocycles. The first-order valence-electron chi connectivity index (χ1n) is 10.5. The number of anilines is 1. The Kier molecular flexibility index (Phi) is 6.44. The Morgan fingerprint density at radius 3 is 2.12 bits per heavy atom. The average molecular weight is 435 g/mol. The zero-order valence-electron chi connectivity index (χ0n) is 17.3. The summed E-state index contributed by atoms with van der Waals surface area (Å²) in [4.78, 5) is 27.4. The van der Waals surface area contributed by atoms with Gasteiger partial charge < -0.3 is 15.5 Å². The molecule has 1 unspecified atom stereocenters. The van der Waals surface area contributed by atoms with E-state index < -0.39 is 23.7 Å². The van der Waals surface area contributed by atoms with Gasteiger partial charge in [0.2, 0.25) is 5.91 Å². The molecule has 164 valence electrons. The molecule has 5 nitrogen and oxygen atoms in total. The van der Waals surface area contributed by atoms with Crippen LogP contribution in [-0.4, -0.2) is 29.4 Å². The fourth-order valence-electron chi connectivity index (χ4n) is 3.95. The third kappa shape index (κ3) is 4.77. The largest absolute Gasteiger partial charge is 0.343 e. The molecule has 3 amide bonds. The summed E-state index contributed by atoms with van der Waals surface area (Å²) >= 11 is 0. The molecule has 3 aromatic carbocycles. The fourth-order valence-corrected chi connectivity index (χ4v) is 3.95. The molecule has 0 aliphatic carbocycles. The molecule has 3 aromatic rings. The fraction of sp³-hybridized carbons (Fsp3) is 0.200. The molecule has 7 heteroatoms. The second-order valence-electron chi connectivity index (χ2n) is 7.67.